The van der Waals surface area contributed by atoms with Crippen LogP contribution in [0.5, 0.6) is 0 Å². The molecule has 1 aromatic heterocycles. The van der Waals surface area contributed by atoms with Crippen LogP contribution in [0.25, 0.3) is 5.69 Å². The van der Waals surface area contributed by atoms with E-state index in [1.165, 1.54) is 11.1 Å². The van der Waals surface area contributed by atoms with E-state index >= 15 is 0 Å². The van der Waals surface area contributed by atoms with Gasteiger partial charge >= 0.3 is 5.97 Å². The van der Waals surface area contributed by atoms with E-state index in [1.807, 2.05) is 24.5 Å². The summed E-state index contributed by atoms with van der Waals surface area (Å²) in [6, 6.07) is 8.00. The molecule has 0 radical (unpaired) electrons. The molecule has 0 bridgehead atoms. The van der Waals surface area contributed by atoms with Crippen LogP contribution in [0.3, 0.4) is 0 Å². The number of hydrogen-bond acceptors (Lipinski definition) is 1. The molecule has 2 aromatic rings. The van der Waals surface area contributed by atoms with Crippen molar-refractivity contribution in [1.82, 2.24) is 4.57 Å². The molecular formula is C16H19NO2. The summed E-state index contributed by atoms with van der Waals surface area (Å²) >= 11 is 0. The van der Waals surface area contributed by atoms with E-state index in [0.717, 1.165) is 23.5 Å². The highest BCUT2D eigenvalue weighted by Crippen LogP contribution is 2.23. The van der Waals surface area contributed by atoms with Crippen molar-refractivity contribution in [2.75, 3.05) is 0 Å². The van der Waals surface area contributed by atoms with E-state index in [2.05, 4.69) is 26.0 Å². The molecule has 0 aliphatic carbocycles. The summed E-state index contributed by atoms with van der Waals surface area (Å²) in [4.78, 5) is 11.2. The SMILES string of the molecule is CCc1cc(-n2c(C)cc(C(=O)O)c2C)ccc1C. The van der Waals surface area contributed by atoms with Crippen LogP contribution < -0.4 is 0 Å². The summed E-state index contributed by atoms with van der Waals surface area (Å²) in [5.41, 5.74) is 5.69. The van der Waals surface area contributed by atoms with E-state index < -0.39 is 5.97 Å². The van der Waals surface area contributed by atoms with E-state index in [0.29, 0.717) is 5.56 Å². The Bertz CT molecular complexity index is 638. The van der Waals surface area contributed by atoms with Crippen molar-refractivity contribution in [3.05, 3.63) is 52.3 Å². The number of rotatable bonds is 3. The summed E-state index contributed by atoms with van der Waals surface area (Å²) in [5.74, 6) is -0.873. The third-order valence-corrected chi connectivity index (χ3v) is 3.63. The third kappa shape index (κ3) is 2.28. The summed E-state index contributed by atoms with van der Waals surface area (Å²) < 4.78 is 2.00. The van der Waals surface area contributed by atoms with Crippen molar-refractivity contribution in [3.63, 3.8) is 0 Å². The highest BCUT2D eigenvalue weighted by Gasteiger charge is 2.15. The standard InChI is InChI=1S/C16H19NO2/c1-5-13-9-14(7-6-10(13)2)17-11(3)8-15(12(17)4)16(18)19/h6-9H,5H2,1-4H3,(H,18,19). The highest BCUT2D eigenvalue weighted by atomic mass is 16.4. The van der Waals surface area contributed by atoms with Crippen molar-refractivity contribution >= 4 is 5.97 Å². The van der Waals surface area contributed by atoms with Crippen LogP contribution in [0.2, 0.25) is 0 Å². The quantitative estimate of drug-likeness (QED) is 0.911. The van der Waals surface area contributed by atoms with Gasteiger partial charge in [-0.2, -0.15) is 0 Å². The van der Waals surface area contributed by atoms with Gasteiger partial charge in [-0.25, -0.2) is 4.79 Å². The molecule has 1 aromatic carbocycles. The molecule has 1 N–H and O–H groups in total. The molecule has 0 amide bonds. The zero-order chi connectivity index (χ0) is 14.2. The Labute approximate surface area is 113 Å². The zero-order valence-electron chi connectivity index (χ0n) is 11.8. The Kier molecular flexibility index (Phi) is 3.47. The minimum absolute atomic E-state index is 0.371. The first-order chi connectivity index (χ1) is 8.95. The van der Waals surface area contributed by atoms with E-state index in [4.69, 9.17) is 0 Å². The minimum atomic E-state index is -0.873. The van der Waals surface area contributed by atoms with Gasteiger partial charge in [-0.3, -0.25) is 0 Å². The molecule has 2 rings (SSSR count). The molecule has 0 fully saturated rings. The number of benzene rings is 1. The van der Waals surface area contributed by atoms with Crippen molar-refractivity contribution in [1.29, 1.82) is 0 Å². The average molecular weight is 257 g/mol. The van der Waals surface area contributed by atoms with Gasteiger partial charge in [0.25, 0.3) is 0 Å². The Morgan fingerprint density at radius 2 is 1.89 bits per heavy atom. The number of carboxylic acids is 1. The second kappa shape index (κ2) is 4.92. The topological polar surface area (TPSA) is 42.2 Å². The van der Waals surface area contributed by atoms with E-state index in [9.17, 15) is 9.90 Å². The Balaban J connectivity index is 2.62. The summed E-state index contributed by atoms with van der Waals surface area (Å²) in [6.45, 7) is 8.01. The van der Waals surface area contributed by atoms with Crippen LogP contribution in [-0.4, -0.2) is 15.6 Å². The van der Waals surface area contributed by atoms with Gasteiger partial charge in [-0.1, -0.05) is 13.0 Å². The first-order valence-electron chi connectivity index (χ1n) is 6.47. The molecule has 1 heterocycles. The van der Waals surface area contributed by atoms with Gasteiger partial charge < -0.3 is 9.67 Å². The predicted octanol–water partition coefficient (Wildman–Crippen LogP) is 3.66. The number of aromatic nitrogens is 1. The van der Waals surface area contributed by atoms with Gasteiger partial charge in [0.1, 0.15) is 0 Å². The van der Waals surface area contributed by atoms with Crippen LogP contribution >= 0.6 is 0 Å². The van der Waals surface area contributed by atoms with Gasteiger partial charge in [0.05, 0.1) is 5.56 Å². The Hall–Kier alpha value is -2.03. The fraction of sp³-hybridized carbons (Fsp3) is 0.312. The normalized spacial score (nSPS) is 10.7. The Morgan fingerprint density at radius 3 is 2.42 bits per heavy atom. The van der Waals surface area contributed by atoms with Gasteiger partial charge in [-0.05, 0) is 56.5 Å². The second-order valence-corrected chi connectivity index (χ2v) is 4.89. The van der Waals surface area contributed by atoms with Gasteiger partial charge in [-0.15, -0.1) is 0 Å². The zero-order valence-corrected chi connectivity index (χ0v) is 11.8. The molecule has 3 nitrogen and oxygen atoms in total. The lowest BCUT2D eigenvalue weighted by Crippen LogP contribution is -2.03. The predicted molar refractivity (Wildman–Crippen MR) is 76.3 cm³/mol. The molecule has 0 unspecified atom stereocenters. The molecule has 0 aliphatic rings. The lowest BCUT2D eigenvalue weighted by Gasteiger charge is -2.12. The maximum absolute atomic E-state index is 11.2. The molecule has 100 valence electrons. The van der Waals surface area contributed by atoms with E-state index in [1.54, 1.807) is 6.07 Å². The molecule has 3 heteroatoms. The summed E-state index contributed by atoms with van der Waals surface area (Å²) in [7, 11) is 0. The third-order valence-electron chi connectivity index (χ3n) is 3.63. The number of aryl methyl sites for hydroxylation is 3. The first-order valence-corrected chi connectivity index (χ1v) is 6.47. The molecular weight excluding hydrogens is 238 g/mol. The smallest absolute Gasteiger partial charge is 0.337 e. The maximum atomic E-state index is 11.2. The lowest BCUT2D eigenvalue weighted by molar-refractivity contribution is 0.0696. The van der Waals surface area contributed by atoms with Crippen LogP contribution in [-0.2, 0) is 6.42 Å². The summed E-state index contributed by atoms with van der Waals surface area (Å²) in [5, 5.41) is 9.18. The number of hydrogen-bond donors (Lipinski definition) is 1. The number of nitrogens with zero attached hydrogens (tertiary/aromatic N) is 1. The van der Waals surface area contributed by atoms with Gasteiger partial charge in [0.15, 0.2) is 0 Å². The van der Waals surface area contributed by atoms with Crippen LogP contribution in [0.15, 0.2) is 24.3 Å². The first kappa shape index (κ1) is 13.4. The van der Waals surface area contributed by atoms with E-state index in [-0.39, 0.29) is 0 Å². The minimum Gasteiger partial charge on any atom is -0.478 e. The van der Waals surface area contributed by atoms with Crippen molar-refractivity contribution < 1.29 is 9.90 Å². The number of aromatic carboxylic acids is 1. The van der Waals surface area contributed by atoms with Crippen molar-refractivity contribution in [2.45, 2.75) is 34.1 Å². The molecule has 0 saturated carbocycles. The largest absolute Gasteiger partial charge is 0.478 e. The molecule has 19 heavy (non-hydrogen) atoms. The monoisotopic (exact) mass is 257 g/mol. The fourth-order valence-electron chi connectivity index (χ4n) is 2.55. The molecule has 0 spiro atoms. The Morgan fingerprint density at radius 1 is 1.21 bits per heavy atom. The molecule has 0 saturated heterocycles. The highest BCUT2D eigenvalue weighted by molar-refractivity contribution is 5.89. The van der Waals surface area contributed by atoms with Crippen LogP contribution in [0.1, 0.15) is 39.8 Å². The molecule has 0 atom stereocenters. The fourth-order valence-corrected chi connectivity index (χ4v) is 2.55. The van der Waals surface area contributed by atoms with Crippen molar-refractivity contribution in [3.8, 4) is 5.69 Å². The lowest BCUT2D eigenvalue weighted by atomic mass is 10.1. The van der Waals surface area contributed by atoms with Gasteiger partial charge in [0.2, 0.25) is 0 Å². The molecule has 0 aliphatic heterocycles. The number of carbonyl (C=O) groups is 1. The second-order valence-electron chi connectivity index (χ2n) is 4.89. The van der Waals surface area contributed by atoms with Crippen LogP contribution in [0.4, 0.5) is 0 Å². The van der Waals surface area contributed by atoms with Crippen LogP contribution in [0, 0.1) is 20.8 Å². The average Bonchev–Trinajstić information content (AvgIpc) is 2.66. The number of carboxylic acid groups (broad SMARTS) is 1. The van der Waals surface area contributed by atoms with Gasteiger partial charge in [0, 0.05) is 17.1 Å². The van der Waals surface area contributed by atoms with Crippen molar-refractivity contribution in [2.24, 2.45) is 0 Å². The maximum Gasteiger partial charge on any atom is 0.337 e. The summed E-state index contributed by atoms with van der Waals surface area (Å²) in [6.07, 6.45) is 0.977.